The minimum Gasteiger partial charge on any atom is -0.382 e. The van der Waals surface area contributed by atoms with Crippen LogP contribution in [-0.4, -0.2) is 179 Å². The number of carbonyl (C=O) groups is 1. The van der Waals surface area contributed by atoms with Crippen molar-refractivity contribution in [3.8, 4) is 0 Å². The Balaban J connectivity index is 1.05. The van der Waals surface area contributed by atoms with Crippen LogP contribution in [0.3, 0.4) is 0 Å². The van der Waals surface area contributed by atoms with E-state index in [-0.39, 0.29) is 36.3 Å². The maximum Gasteiger partial charge on any atom is 0.240 e. The van der Waals surface area contributed by atoms with Crippen molar-refractivity contribution < 1.29 is 60.6 Å². The van der Waals surface area contributed by atoms with Crippen molar-refractivity contribution in [1.29, 1.82) is 0 Å². The molecular formula is C40H63Cl2N3O13S. The third kappa shape index (κ3) is 22.6. The summed E-state index contributed by atoms with van der Waals surface area (Å²) in [7, 11) is -0.0434. The largest absolute Gasteiger partial charge is 0.382 e. The van der Waals surface area contributed by atoms with Gasteiger partial charge in [0.15, 0.2) is 0 Å². The number of likely N-dealkylation sites (N-methyl/N-ethyl adjacent to an activating group) is 1. The van der Waals surface area contributed by atoms with Crippen molar-refractivity contribution in [3.63, 3.8) is 0 Å². The van der Waals surface area contributed by atoms with Gasteiger partial charge in [0.2, 0.25) is 15.9 Å². The average molecular weight is 897 g/mol. The number of rotatable bonds is 36. The molecule has 0 saturated heterocycles. The van der Waals surface area contributed by atoms with Gasteiger partial charge in [-0.3, -0.25) is 4.79 Å². The van der Waals surface area contributed by atoms with Crippen molar-refractivity contribution in [2.75, 3.05) is 159 Å². The number of halogens is 2. The van der Waals surface area contributed by atoms with Crippen LogP contribution in [0.25, 0.3) is 0 Å². The van der Waals surface area contributed by atoms with Crippen LogP contribution in [0.15, 0.2) is 41.3 Å². The van der Waals surface area contributed by atoms with Crippen molar-refractivity contribution in [3.05, 3.63) is 63.1 Å². The summed E-state index contributed by atoms with van der Waals surface area (Å²) >= 11 is 12.8. The fourth-order valence-electron chi connectivity index (χ4n) is 5.74. The lowest BCUT2D eigenvalue weighted by atomic mass is 9.85. The maximum absolute atomic E-state index is 12.9. The third-order valence-electron chi connectivity index (χ3n) is 8.70. The molecule has 0 fully saturated rings. The first kappa shape index (κ1) is 51.3. The van der Waals surface area contributed by atoms with Crippen LogP contribution in [0, 0.1) is 0 Å². The topological polar surface area (TPSA) is 171 Å². The average Bonchev–Trinajstić information content (AvgIpc) is 3.22. The molecule has 1 aliphatic rings. The monoisotopic (exact) mass is 895 g/mol. The fraction of sp³-hybridized carbons (Fsp3) is 0.675. The summed E-state index contributed by atoms with van der Waals surface area (Å²) < 4.78 is 82.1. The minimum absolute atomic E-state index is 0.0193. The van der Waals surface area contributed by atoms with Gasteiger partial charge in [-0.2, -0.15) is 0 Å². The highest BCUT2D eigenvalue weighted by Crippen LogP contribution is 2.38. The molecule has 1 amide bonds. The zero-order valence-corrected chi connectivity index (χ0v) is 36.8. The van der Waals surface area contributed by atoms with Gasteiger partial charge in [0.1, 0.15) is 0 Å². The number of fused-ring (bicyclic) bond motifs is 1. The molecule has 1 heterocycles. The van der Waals surface area contributed by atoms with E-state index in [0.717, 1.165) is 29.8 Å². The highest BCUT2D eigenvalue weighted by Gasteiger charge is 2.27. The number of methoxy groups -OCH3 is 1. The molecule has 2 N–H and O–H groups in total. The van der Waals surface area contributed by atoms with Gasteiger partial charge in [0.25, 0.3) is 0 Å². The van der Waals surface area contributed by atoms with E-state index in [4.69, 9.17) is 70.6 Å². The summed E-state index contributed by atoms with van der Waals surface area (Å²) in [4.78, 5) is 14.3. The second-order valence-corrected chi connectivity index (χ2v) is 15.9. The van der Waals surface area contributed by atoms with Crippen LogP contribution in [0.2, 0.25) is 10.0 Å². The molecule has 3 rings (SSSR count). The normalized spacial score (nSPS) is 14.5. The number of hydrogen-bond acceptors (Lipinski definition) is 14. The summed E-state index contributed by atoms with van der Waals surface area (Å²) in [5.41, 5.74) is 3.09. The molecule has 0 saturated carbocycles. The van der Waals surface area contributed by atoms with Crippen molar-refractivity contribution in [2.24, 2.45) is 0 Å². The Bertz CT molecular complexity index is 1530. The predicted molar refractivity (Wildman–Crippen MR) is 223 cm³/mol. The summed E-state index contributed by atoms with van der Waals surface area (Å²) in [6.45, 7) is 10.1. The van der Waals surface area contributed by atoms with Crippen molar-refractivity contribution >= 4 is 39.1 Å². The van der Waals surface area contributed by atoms with Crippen LogP contribution in [0.1, 0.15) is 29.0 Å². The number of hydrogen-bond donors (Lipinski definition) is 2. The van der Waals surface area contributed by atoms with Gasteiger partial charge in [-0.25, -0.2) is 13.1 Å². The Hall–Kier alpha value is -2.04. The smallest absolute Gasteiger partial charge is 0.240 e. The number of nitrogens with one attached hydrogen (secondary N) is 2. The van der Waals surface area contributed by atoms with Crippen LogP contribution in [0.4, 0.5) is 0 Å². The summed E-state index contributed by atoms with van der Waals surface area (Å²) in [5, 5.41) is 4.00. The van der Waals surface area contributed by atoms with E-state index in [2.05, 4.69) is 14.9 Å². The van der Waals surface area contributed by atoms with Gasteiger partial charge in [-0.1, -0.05) is 35.3 Å². The van der Waals surface area contributed by atoms with Crippen molar-refractivity contribution in [2.45, 2.75) is 23.8 Å². The summed E-state index contributed by atoms with van der Waals surface area (Å²) in [5.74, 6) is -0.102. The number of carbonyl (C=O) groups excluding carboxylic acids is 1. The highest BCUT2D eigenvalue weighted by molar-refractivity contribution is 7.89. The van der Waals surface area contributed by atoms with Gasteiger partial charge in [0, 0.05) is 55.7 Å². The van der Waals surface area contributed by atoms with Gasteiger partial charge >= 0.3 is 0 Å². The van der Waals surface area contributed by atoms with E-state index in [1.807, 2.05) is 25.2 Å². The Morgan fingerprint density at radius 3 is 1.63 bits per heavy atom. The molecule has 19 heteroatoms. The zero-order valence-electron chi connectivity index (χ0n) is 34.4. The molecule has 0 spiro atoms. The van der Waals surface area contributed by atoms with Gasteiger partial charge < -0.3 is 57.6 Å². The molecule has 0 bridgehead atoms. The predicted octanol–water partition coefficient (Wildman–Crippen LogP) is 3.15. The van der Waals surface area contributed by atoms with E-state index in [1.54, 1.807) is 25.3 Å². The van der Waals surface area contributed by atoms with E-state index in [0.29, 0.717) is 136 Å². The first-order valence-electron chi connectivity index (χ1n) is 19.9. The molecule has 0 aliphatic carbocycles. The van der Waals surface area contributed by atoms with E-state index < -0.39 is 10.0 Å². The molecule has 0 radical (unpaired) electrons. The maximum atomic E-state index is 12.9. The number of benzene rings is 2. The molecule has 1 atom stereocenters. The van der Waals surface area contributed by atoms with Crippen LogP contribution >= 0.6 is 23.2 Å². The van der Waals surface area contributed by atoms with Crippen LogP contribution in [-0.2, 0) is 68.7 Å². The minimum atomic E-state index is -3.71. The molecule has 2 aromatic carbocycles. The Morgan fingerprint density at radius 2 is 1.12 bits per heavy atom. The quantitative estimate of drug-likeness (QED) is 0.0957. The molecule has 59 heavy (non-hydrogen) atoms. The molecular weight excluding hydrogens is 833 g/mol. The molecule has 0 aromatic heterocycles. The van der Waals surface area contributed by atoms with E-state index >= 15 is 0 Å². The van der Waals surface area contributed by atoms with Crippen LogP contribution in [0.5, 0.6) is 0 Å². The number of ether oxygens (including phenoxy) is 10. The first-order chi connectivity index (χ1) is 28.7. The number of amides is 1. The second-order valence-electron chi connectivity index (χ2n) is 13.3. The van der Waals surface area contributed by atoms with E-state index in [1.165, 1.54) is 0 Å². The van der Waals surface area contributed by atoms with Gasteiger partial charge in [0.05, 0.1) is 130 Å². The zero-order chi connectivity index (χ0) is 42.4. The lowest BCUT2D eigenvalue weighted by Crippen LogP contribution is -2.31. The van der Waals surface area contributed by atoms with Crippen molar-refractivity contribution in [1.82, 2.24) is 14.9 Å². The molecule has 16 nitrogen and oxygen atoms in total. The Morgan fingerprint density at radius 1 is 0.661 bits per heavy atom. The standard InChI is InChI=1S/C40H63Cl2N3O13S/c1-45-31-37(36-29-34(41)30-39(42)38(36)32-45)33-3-5-35(6-4-33)59(47,48)44-9-12-52-17-20-55-19-16-51-11-8-43-40(46)7-10-50-15-18-54-23-24-57-27-28-58-26-25-56-22-21-53-14-13-49-2/h3-6,29-30,37,44H,7-28,31-32H2,1-2H3,(H,43,46). The lowest BCUT2D eigenvalue weighted by molar-refractivity contribution is -0.122. The highest BCUT2D eigenvalue weighted by atomic mass is 35.5. The molecule has 2 aromatic rings. The molecule has 336 valence electrons. The fourth-order valence-corrected chi connectivity index (χ4v) is 7.33. The Labute approximate surface area is 359 Å². The molecule has 1 aliphatic heterocycles. The summed E-state index contributed by atoms with van der Waals surface area (Å²) in [6.07, 6.45) is 0.245. The first-order valence-corrected chi connectivity index (χ1v) is 22.2. The molecule has 1 unspecified atom stereocenters. The SMILES string of the molecule is COCCOCCOCCOCCOCCOCCOCCC(=O)NCCOCCOCCOCCNS(=O)(=O)c1ccc(C2CN(C)Cc3c(Cl)cc(Cl)cc32)cc1. The van der Waals surface area contributed by atoms with Gasteiger partial charge in [-0.05, 0) is 48.0 Å². The number of sulfonamides is 1. The van der Waals surface area contributed by atoms with E-state index in [9.17, 15) is 13.2 Å². The second kappa shape index (κ2) is 31.8. The van der Waals surface area contributed by atoms with Gasteiger partial charge in [-0.15, -0.1) is 0 Å². The van der Waals surface area contributed by atoms with Crippen LogP contribution < -0.4 is 10.0 Å². The third-order valence-corrected chi connectivity index (χ3v) is 10.7. The number of nitrogens with zero attached hydrogens (tertiary/aromatic N) is 1. The lowest BCUT2D eigenvalue weighted by Gasteiger charge is -2.33. The summed E-state index contributed by atoms with van der Waals surface area (Å²) in [6, 6.07) is 10.6. The Kier molecular flexibility index (Phi) is 27.6.